The molecule has 1 aliphatic carbocycles. The van der Waals surface area contributed by atoms with E-state index in [9.17, 15) is 4.79 Å². The topological polar surface area (TPSA) is 71.8 Å². The molecule has 23 heavy (non-hydrogen) atoms. The van der Waals surface area contributed by atoms with Gasteiger partial charge in [-0.05, 0) is 52.2 Å². The van der Waals surface area contributed by atoms with Gasteiger partial charge in [0, 0.05) is 17.5 Å². The number of fused-ring (bicyclic) bond motifs is 1. The molecule has 0 radical (unpaired) electrons. The van der Waals surface area contributed by atoms with Gasteiger partial charge in [0.25, 0.3) is 0 Å². The van der Waals surface area contributed by atoms with E-state index in [4.69, 9.17) is 0 Å². The van der Waals surface area contributed by atoms with Gasteiger partial charge in [-0.25, -0.2) is 9.78 Å². The van der Waals surface area contributed by atoms with Crippen LogP contribution in [0.3, 0.4) is 0 Å². The SMILES string of the molecule is CC(C)(C)n1ncc2c1CCCC2NC(=O)Nc1ccccn1. The van der Waals surface area contributed by atoms with Crippen molar-refractivity contribution in [3.8, 4) is 0 Å². The van der Waals surface area contributed by atoms with Crippen LogP contribution < -0.4 is 10.6 Å². The smallest absolute Gasteiger partial charge is 0.320 e. The number of aromatic nitrogens is 3. The van der Waals surface area contributed by atoms with Crippen LogP contribution in [0.4, 0.5) is 10.6 Å². The second-order valence-corrected chi connectivity index (χ2v) is 6.89. The molecule has 2 aromatic rings. The van der Waals surface area contributed by atoms with Gasteiger partial charge in [-0.3, -0.25) is 10.00 Å². The van der Waals surface area contributed by atoms with Gasteiger partial charge in [0.15, 0.2) is 0 Å². The highest BCUT2D eigenvalue weighted by atomic mass is 16.2. The molecule has 0 bridgehead atoms. The lowest BCUT2D eigenvalue weighted by Gasteiger charge is -2.28. The minimum Gasteiger partial charge on any atom is -0.331 e. The molecule has 0 spiro atoms. The fraction of sp³-hybridized carbons (Fsp3) is 0.471. The van der Waals surface area contributed by atoms with Crippen LogP contribution in [0.5, 0.6) is 0 Å². The molecule has 0 aromatic carbocycles. The Hall–Kier alpha value is -2.37. The first-order valence-electron chi connectivity index (χ1n) is 8.01. The summed E-state index contributed by atoms with van der Waals surface area (Å²) in [6, 6.07) is 5.19. The molecule has 0 saturated carbocycles. The molecule has 1 unspecified atom stereocenters. The number of carbonyl (C=O) groups excluding carboxylic acids is 1. The maximum absolute atomic E-state index is 12.2. The molecular formula is C17H23N5O. The lowest BCUT2D eigenvalue weighted by molar-refractivity contribution is 0.246. The van der Waals surface area contributed by atoms with Crippen molar-refractivity contribution in [3.63, 3.8) is 0 Å². The highest BCUT2D eigenvalue weighted by Gasteiger charge is 2.28. The summed E-state index contributed by atoms with van der Waals surface area (Å²) in [7, 11) is 0. The molecule has 2 heterocycles. The van der Waals surface area contributed by atoms with E-state index >= 15 is 0 Å². The van der Waals surface area contributed by atoms with E-state index in [1.54, 1.807) is 12.3 Å². The van der Waals surface area contributed by atoms with E-state index in [0.717, 1.165) is 24.8 Å². The third-order valence-corrected chi connectivity index (χ3v) is 4.03. The van der Waals surface area contributed by atoms with E-state index in [2.05, 4.69) is 46.2 Å². The lowest BCUT2D eigenvalue weighted by atomic mass is 9.92. The third kappa shape index (κ3) is 3.36. The number of hydrogen-bond donors (Lipinski definition) is 2. The van der Waals surface area contributed by atoms with E-state index in [1.807, 2.05) is 18.3 Å². The summed E-state index contributed by atoms with van der Waals surface area (Å²) in [5, 5.41) is 10.4. The molecule has 2 aromatic heterocycles. The number of carbonyl (C=O) groups is 1. The van der Waals surface area contributed by atoms with Gasteiger partial charge >= 0.3 is 6.03 Å². The van der Waals surface area contributed by atoms with Crippen molar-refractivity contribution in [2.24, 2.45) is 0 Å². The van der Waals surface area contributed by atoms with Crippen molar-refractivity contribution < 1.29 is 4.79 Å². The van der Waals surface area contributed by atoms with Crippen LogP contribution in [0.1, 0.15) is 50.9 Å². The summed E-state index contributed by atoms with van der Waals surface area (Å²) in [6.45, 7) is 6.43. The quantitative estimate of drug-likeness (QED) is 0.894. The molecule has 6 nitrogen and oxygen atoms in total. The Morgan fingerprint density at radius 3 is 2.87 bits per heavy atom. The Bertz CT molecular complexity index is 687. The average Bonchev–Trinajstić information content (AvgIpc) is 2.93. The van der Waals surface area contributed by atoms with Gasteiger partial charge in [-0.15, -0.1) is 0 Å². The van der Waals surface area contributed by atoms with Crippen molar-refractivity contribution in [1.29, 1.82) is 0 Å². The largest absolute Gasteiger partial charge is 0.331 e. The molecule has 0 aliphatic heterocycles. The highest BCUT2D eigenvalue weighted by molar-refractivity contribution is 5.88. The Balaban J connectivity index is 1.74. The van der Waals surface area contributed by atoms with Gasteiger partial charge in [0.05, 0.1) is 17.8 Å². The molecule has 6 heteroatoms. The number of anilines is 1. The number of nitrogens with one attached hydrogen (secondary N) is 2. The number of rotatable bonds is 2. The lowest BCUT2D eigenvalue weighted by Crippen LogP contribution is -2.35. The van der Waals surface area contributed by atoms with Crippen LogP contribution in [0.15, 0.2) is 30.6 Å². The second kappa shape index (κ2) is 6.02. The monoisotopic (exact) mass is 313 g/mol. The molecular weight excluding hydrogens is 290 g/mol. The first kappa shape index (κ1) is 15.5. The molecule has 3 rings (SSSR count). The van der Waals surface area contributed by atoms with Crippen LogP contribution in [0.25, 0.3) is 0 Å². The van der Waals surface area contributed by atoms with Crippen molar-refractivity contribution in [2.75, 3.05) is 5.32 Å². The molecule has 1 atom stereocenters. The Kier molecular flexibility index (Phi) is 4.07. The first-order chi connectivity index (χ1) is 10.9. The average molecular weight is 313 g/mol. The van der Waals surface area contributed by atoms with Crippen molar-refractivity contribution in [3.05, 3.63) is 41.9 Å². The molecule has 2 amide bonds. The van der Waals surface area contributed by atoms with Crippen LogP contribution in [-0.2, 0) is 12.0 Å². The van der Waals surface area contributed by atoms with Crippen LogP contribution >= 0.6 is 0 Å². The standard InChI is InChI=1S/C17H23N5O/c1-17(2,3)22-14-8-6-7-13(12(14)11-19-22)20-16(23)21-15-9-4-5-10-18-15/h4-5,9-11,13H,6-8H2,1-3H3,(H2,18,20,21,23). The summed E-state index contributed by atoms with van der Waals surface area (Å²) in [4.78, 5) is 16.3. The summed E-state index contributed by atoms with van der Waals surface area (Å²) in [5.41, 5.74) is 2.31. The zero-order valence-corrected chi connectivity index (χ0v) is 13.8. The summed E-state index contributed by atoms with van der Waals surface area (Å²) in [5.74, 6) is 0.548. The van der Waals surface area contributed by atoms with Crippen LogP contribution in [0, 0.1) is 0 Å². The number of hydrogen-bond acceptors (Lipinski definition) is 3. The summed E-state index contributed by atoms with van der Waals surface area (Å²) < 4.78 is 2.08. The van der Waals surface area contributed by atoms with E-state index in [1.165, 1.54) is 5.69 Å². The minimum absolute atomic E-state index is 0.00133. The second-order valence-electron chi connectivity index (χ2n) is 6.89. The Morgan fingerprint density at radius 2 is 2.17 bits per heavy atom. The van der Waals surface area contributed by atoms with Crippen molar-refractivity contribution >= 4 is 11.8 Å². The molecule has 122 valence electrons. The number of amides is 2. The van der Waals surface area contributed by atoms with Crippen LogP contribution in [0.2, 0.25) is 0 Å². The minimum atomic E-state index is -0.231. The summed E-state index contributed by atoms with van der Waals surface area (Å²) >= 11 is 0. The van der Waals surface area contributed by atoms with E-state index in [-0.39, 0.29) is 17.6 Å². The summed E-state index contributed by atoms with van der Waals surface area (Å²) in [6.07, 6.45) is 6.53. The van der Waals surface area contributed by atoms with Gasteiger partial charge < -0.3 is 5.32 Å². The fourth-order valence-electron chi connectivity index (χ4n) is 3.03. The maximum atomic E-state index is 12.2. The third-order valence-electron chi connectivity index (χ3n) is 4.03. The normalized spacial score (nSPS) is 17.4. The highest BCUT2D eigenvalue weighted by Crippen LogP contribution is 2.32. The van der Waals surface area contributed by atoms with E-state index in [0.29, 0.717) is 5.82 Å². The predicted molar refractivity (Wildman–Crippen MR) is 89.3 cm³/mol. The Labute approximate surface area is 136 Å². The van der Waals surface area contributed by atoms with Crippen LogP contribution in [-0.4, -0.2) is 20.8 Å². The van der Waals surface area contributed by atoms with E-state index < -0.39 is 0 Å². The first-order valence-corrected chi connectivity index (χ1v) is 8.01. The van der Waals surface area contributed by atoms with Gasteiger partial charge in [-0.2, -0.15) is 5.10 Å². The molecule has 1 aliphatic rings. The van der Waals surface area contributed by atoms with Gasteiger partial charge in [0.1, 0.15) is 5.82 Å². The number of nitrogens with zero attached hydrogens (tertiary/aromatic N) is 3. The number of pyridine rings is 1. The van der Waals surface area contributed by atoms with Gasteiger partial charge in [-0.1, -0.05) is 6.07 Å². The zero-order chi connectivity index (χ0) is 16.4. The molecule has 2 N–H and O–H groups in total. The van der Waals surface area contributed by atoms with Crippen molar-refractivity contribution in [2.45, 2.75) is 51.6 Å². The molecule has 0 fully saturated rings. The predicted octanol–water partition coefficient (Wildman–Crippen LogP) is 3.23. The number of urea groups is 1. The van der Waals surface area contributed by atoms with Gasteiger partial charge in [0.2, 0.25) is 0 Å². The zero-order valence-electron chi connectivity index (χ0n) is 13.8. The maximum Gasteiger partial charge on any atom is 0.320 e. The van der Waals surface area contributed by atoms with Crippen molar-refractivity contribution in [1.82, 2.24) is 20.1 Å². The molecule has 0 saturated heterocycles. The fourth-order valence-corrected chi connectivity index (χ4v) is 3.03. The Morgan fingerprint density at radius 1 is 1.35 bits per heavy atom.